The number of carbonyl (C=O) groups excluding carboxylic acids is 1. The van der Waals surface area contributed by atoms with E-state index in [0.29, 0.717) is 11.3 Å². The maximum Gasteiger partial charge on any atom is 0.282 e. The van der Waals surface area contributed by atoms with Gasteiger partial charge in [-0.2, -0.15) is 0 Å². The van der Waals surface area contributed by atoms with E-state index >= 15 is 0 Å². The van der Waals surface area contributed by atoms with Crippen LogP contribution >= 0.6 is 11.6 Å². The van der Waals surface area contributed by atoms with Gasteiger partial charge in [-0.1, -0.05) is 23.7 Å². The number of hydrogen-bond acceptors (Lipinski definition) is 4. The van der Waals surface area contributed by atoms with Crippen LogP contribution < -0.4 is 5.32 Å². The number of aryl methyl sites for hydroxylation is 2. The smallest absolute Gasteiger partial charge is 0.282 e. The molecule has 1 amide bonds. The van der Waals surface area contributed by atoms with Gasteiger partial charge < -0.3 is 5.32 Å². The summed E-state index contributed by atoms with van der Waals surface area (Å²) in [6.45, 7) is 3.40. The minimum Gasteiger partial charge on any atom is -0.319 e. The Morgan fingerprint density at radius 3 is 2.62 bits per heavy atom. The molecule has 0 fully saturated rings. The van der Waals surface area contributed by atoms with Gasteiger partial charge in [0.1, 0.15) is 5.56 Å². The molecular formula is C14H12ClN3O3. The number of halogens is 1. The molecule has 0 radical (unpaired) electrons. The zero-order chi connectivity index (χ0) is 15.6. The maximum absolute atomic E-state index is 12.4. The quantitative estimate of drug-likeness (QED) is 0.534. The Morgan fingerprint density at radius 2 is 2.00 bits per heavy atom. The number of anilines is 1. The van der Waals surface area contributed by atoms with Crippen molar-refractivity contribution >= 4 is 28.9 Å². The van der Waals surface area contributed by atoms with Gasteiger partial charge in [0.2, 0.25) is 0 Å². The van der Waals surface area contributed by atoms with E-state index in [9.17, 15) is 14.9 Å². The molecule has 2 rings (SSSR count). The average Bonchev–Trinajstić information content (AvgIpc) is 2.42. The van der Waals surface area contributed by atoms with Crippen LogP contribution in [0.25, 0.3) is 0 Å². The van der Waals surface area contributed by atoms with E-state index in [0.717, 1.165) is 5.56 Å². The second kappa shape index (κ2) is 5.88. The van der Waals surface area contributed by atoms with Crippen LogP contribution in [-0.2, 0) is 0 Å². The van der Waals surface area contributed by atoms with E-state index in [1.807, 2.05) is 0 Å². The van der Waals surface area contributed by atoms with Crippen molar-refractivity contribution in [3.63, 3.8) is 0 Å². The first-order chi connectivity index (χ1) is 9.91. The van der Waals surface area contributed by atoms with E-state index < -0.39 is 10.8 Å². The molecule has 21 heavy (non-hydrogen) atoms. The van der Waals surface area contributed by atoms with Crippen molar-refractivity contribution in [3.05, 3.63) is 62.4 Å². The van der Waals surface area contributed by atoms with E-state index in [2.05, 4.69) is 10.3 Å². The molecule has 108 valence electrons. The highest BCUT2D eigenvalue weighted by molar-refractivity contribution is 6.33. The largest absolute Gasteiger partial charge is 0.319 e. The van der Waals surface area contributed by atoms with Crippen LogP contribution in [-0.4, -0.2) is 15.8 Å². The molecule has 1 aromatic heterocycles. The molecule has 7 heteroatoms. The van der Waals surface area contributed by atoms with Crippen LogP contribution in [0, 0.1) is 24.0 Å². The van der Waals surface area contributed by atoms with Gasteiger partial charge in [-0.25, -0.2) is 4.98 Å². The number of hydrogen-bond donors (Lipinski definition) is 1. The lowest BCUT2D eigenvalue weighted by atomic mass is 10.1. The SMILES string of the molecule is Cc1ccnc(Cl)c1NC(=O)c1c(C)cccc1[N+](=O)[O-]. The summed E-state index contributed by atoms with van der Waals surface area (Å²) in [7, 11) is 0. The molecule has 0 saturated carbocycles. The molecule has 0 aliphatic heterocycles. The van der Waals surface area contributed by atoms with Crippen molar-refractivity contribution in [1.29, 1.82) is 0 Å². The molecule has 0 aliphatic carbocycles. The summed E-state index contributed by atoms with van der Waals surface area (Å²) in [5.41, 5.74) is 1.35. The third-order valence-electron chi connectivity index (χ3n) is 3.03. The summed E-state index contributed by atoms with van der Waals surface area (Å²) >= 11 is 5.94. The molecular weight excluding hydrogens is 294 g/mol. The van der Waals surface area contributed by atoms with Crippen LogP contribution in [0.1, 0.15) is 21.5 Å². The lowest BCUT2D eigenvalue weighted by Gasteiger charge is -2.11. The number of benzene rings is 1. The molecule has 0 aliphatic rings. The molecule has 1 aromatic carbocycles. The Balaban J connectivity index is 2.45. The summed E-state index contributed by atoms with van der Waals surface area (Å²) in [5, 5.41) is 13.8. The standard InChI is InChI=1S/C14H12ClN3O3/c1-8-4-3-5-10(18(20)21)11(8)14(19)17-12-9(2)6-7-16-13(12)15/h3-7H,1-2H3,(H,17,19). The van der Waals surface area contributed by atoms with E-state index in [1.54, 1.807) is 26.0 Å². The van der Waals surface area contributed by atoms with Gasteiger partial charge >= 0.3 is 0 Å². The summed E-state index contributed by atoms with van der Waals surface area (Å²) in [5.74, 6) is -0.585. The minimum atomic E-state index is -0.585. The second-order valence-corrected chi connectivity index (χ2v) is 4.83. The summed E-state index contributed by atoms with van der Waals surface area (Å²) in [4.78, 5) is 26.7. The van der Waals surface area contributed by atoms with E-state index in [1.165, 1.54) is 18.3 Å². The molecule has 1 N–H and O–H groups in total. The van der Waals surface area contributed by atoms with Crippen molar-refractivity contribution in [2.75, 3.05) is 5.32 Å². The molecule has 0 unspecified atom stereocenters. The molecule has 0 spiro atoms. The Labute approximate surface area is 125 Å². The summed E-state index contributed by atoms with van der Waals surface area (Å²) in [6.07, 6.45) is 1.52. The third-order valence-corrected chi connectivity index (χ3v) is 3.31. The van der Waals surface area contributed by atoms with Gasteiger partial charge in [0, 0.05) is 12.3 Å². The Kier molecular flexibility index (Phi) is 4.18. The van der Waals surface area contributed by atoms with E-state index in [4.69, 9.17) is 11.6 Å². The fraction of sp³-hybridized carbons (Fsp3) is 0.143. The number of nitro groups is 1. The number of nitrogens with zero attached hydrogens (tertiary/aromatic N) is 2. The summed E-state index contributed by atoms with van der Waals surface area (Å²) < 4.78 is 0. The lowest BCUT2D eigenvalue weighted by Crippen LogP contribution is -2.16. The fourth-order valence-electron chi connectivity index (χ4n) is 1.95. The first-order valence-electron chi connectivity index (χ1n) is 6.08. The minimum absolute atomic E-state index is 0.0156. The Morgan fingerprint density at radius 1 is 1.29 bits per heavy atom. The van der Waals surface area contributed by atoms with Crippen molar-refractivity contribution in [2.45, 2.75) is 13.8 Å². The highest BCUT2D eigenvalue weighted by atomic mass is 35.5. The number of nitrogens with one attached hydrogen (secondary N) is 1. The number of amides is 1. The number of carbonyl (C=O) groups is 1. The fourth-order valence-corrected chi connectivity index (χ4v) is 2.20. The monoisotopic (exact) mass is 305 g/mol. The van der Waals surface area contributed by atoms with Gasteiger partial charge in [-0.3, -0.25) is 14.9 Å². The highest BCUT2D eigenvalue weighted by Crippen LogP contribution is 2.27. The molecule has 6 nitrogen and oxygen atoms in total. The Hall–Kier alpha value is -2.47. The topological polar surface area (TPSA) is 85.1 Å². The van der Waals surface area contributed by atoms with E-state index in [-0.39, 0.29) is 16.4 Å². The average molecular weight is 306 g/mol. The van der Waals surface area contributed by atoms with Crippen LogP contribution in [0.5, 0.6) is 0 Å². The molecule has 0 bridgehead atoms. The van der Waals surface area contributed by atoms with Crippen molar-refractivity contribution in [1.82, 2.24) is 4.98 Å². The van der Waals surface area contributed by atoms with Gasteiger partial charge in [-0.15, -0.1) is 0 Å². The predicted octanol–water partition coefficient (Wildman–Crippen LogP) is 3.51. The van der Waals surface area contributed by atoms with Gasteiger partial charge in [0.25, 0.3) is 11.6 Å². The van der Waals surface area contributed by atoms with Crippen molar-refractivity contribution in [3.8, 4) is 0 Å². The van der Waals surface area contributed by atoms with Crippen LogP contribution in [0.15, 0.2) is 30.5 Å². The summed E-state index contributed by atoms with van der Waals surface area (Å²) in [6, 6.07) is 6.15. The molecule has 0 saturated heterocycles. The first kappa shape index (κ1) is 14.9. The molecule has 1 heterocycles. The zero-order valence-electron chi connectivity index (χ0n) is 11.4. The number of pyridine rings is 1. The van der Waals surface area contributed by atoms with Crippen LogP contribution in [0.3, 0.4) is 0 Å². The lowest BCUT2D eigenvalue weighted by molar-refractivity contribution is -0.385. The predicted molar refractivity (Wildman–Crippen MR) is 79.8 cm³/mol. The van der Waals surface area contributed by atoms with Crippen LogP contribution in [0.4, 0.5) is 11.4 Å². The highest BCUT2D eigenvalue weighted by Gasteiger charge is 2.23. The number of nitro benzene ring substituents is 1. The first-order valence-corrected chi connectivity index (χ1v) is 6.46. The zero-order valence-corrected chi connectivity index (χ0v) is 12.1. The maximum atomic E-state index is 12.4. The Bertz CT molecular complexity index is 711. The normalized spacial score (nSPS) is 10.2. The van der Waals surface area contributed by atoms with Gasteiger partial charge in [0.05, 0.1) is 10.6 Å². The third kappa shape index (κ3) is 3.00. The second-order valence-electron chi connectivity index (χ2n) is 4.47. The van der Waals surface area contributed by atoms with Gasteiger partial charge in [-0.05, 0) is 31.0 Å². The van der Waals surface area contributed by atoms with Crippen molar-refractivity contribution < 1.29 is 9.72 Å². The number of rotatable bonds is 3. The van der Waals surface area contributed by atoms with Gasteiger partial charge in [0.15, 0.2) is 5.15 Å². The molecule has 0 atom stereocenters. The number of aromatic nitrogens is 1. The van der Waals surface area contributed by atoms with Crippen LogP contribution in [0.2, 0.25) is 5.15 Å². The molecule has 2 aromatic rings. The van der Waals surface area contributed by atoms with Crippen molar-refractivity contribution in [2.24, 2.45) is 0 Å².